The molecule has 0 aromatic heterocycles. The molecule has 17 heavy (non-hydrogen) atoms. The van der Waals surface area contributed by atoms with Gasteiger partial charge in [-0.1, -0.05) is 37.3 Å². The fourth-order valence-corrected chi connectivity index (χ4v) is 2.05. The van der Waals surface area contributed by atoms with Crippen molar-refractivity contribution in [1.29, 1.82) is 0 Å². The van der Waals surface area contributed by atoms with E-state index >= 15 is 0 Å². The number of hydrogen-bond donors (Lipinski definition) is 0. The standard InChI is InChI=1S/C14H18O3/c1-2-12-13(17-14(12)15)8-9-16-10-11-6-4-3-5-7-11/h3-7,12-13H,2,8-10H2,1H3/t12-,13-/m0/s1. The third-order valence-corrected chi connectivity index (χ3v) is 3.12. The zero-order valence-electron chi connectivity index (χ0n) is 10.1. The van der Waals surface area contributed by atoms with Crippen molar-refractivity contribution in [3.63, 3.8) is 0 Å². The molecule has 0 unspecified atom stereocenters. The fraction of sp³-hybridized carbons (Fsp3) is 0.500. The third-order valence-electron chi connectivity index (χ3n) is 3.12. The molecule has 0 saturated carbocycles. The molecular formula is C14H18O3. The van der Waals surface area contributed by atoms with Crippen molar-refractivity contribution < 1.29 is 14.3 Å². The van der Waals surface area contributed by atoms with Crippen LogP contribution < -0.4 is 0 Å². The van der Waals surface area contributed by atoms with Crippen molar-refractivity contribution in [2.75, 3.05) is 6.61 Å². The molecule has 1 aromatic rings. The SMILES string of the molecule is CC[C@@H]1C(=O)O[C@H]1CCOCc1ccccc1. The molecule has 2 atom stereocenters. The first-order valence-corrected chi connectivity index (χ1v) is 6.13. The van der Waals surface area contributed by atoms with Crippen LogP contribution in [0.15, 0.2) is 30.3 Å². The first-order valence-electron chi connectivity index (χ1n) is 6.13. The summed E-state index contributed by atoms with van der Waals surface area (Å²) >= 11 is 0. The predicted octanol–water partition coefficient (Wildman–Crippen LogP) is 2.54. The predicted molar refractivity (Wildman–Crippen MR) is 64.4 cm³/mol. The average Bonchev–Trinajstić information content (AvgIpc) is 2.34. The van der Waals surface area contributed by atoms with E-state index in [2.05, 4.69) is 0 Å². The average molecular weight is 234 g/mol. The second-order valence-electron chi connectivity index (χ2n) is 4.32. The minimum absolute atomic E-state index is 0.0550. The van der Waals surface area contributed by atoms with Crippen molar-refractivity contribution in [1.82, 2.24) is 0 Å². The van der Waals surface area contributed by atoms with Crippen LogP contribution in [0.5, 0.6) is 0 Å². The Morgan fingerprint density at radius 1 is 1.29 bits per heavy atom. The molecule has 3 nitrogen and oxygen atoms in total. The quantitative estimate of drug-likeness (QED) is 0.560. The maximum absolute atomic E-state index is 11.1. The highest BCUT2D eigenvalue weighted by Gasteiger charge is 2.40. The van der Waals surface area contributed by atoms with Crippen molar-refractivity contribution >= 4 is 5.97 Å². The van der Waals surface area contributed by atoms with Gasteiger partial charge in [0.05, 0.1) is 19.1 Å². The lowest BCUT2D eigenvalue weighted by Crippen LogP contribution is -2.45. The maximum atomic E-state index is 11.1. The van der Waals surface area contributed by atoms with E-state index in [1.165, 1.54) is 5.56 Å². The van der Waals surface area contributed by atoms with Gasteiger partial charge in [-0.15, -0.1) is 0 Å². The largest absolute Gasteiger partial charge is 0.461 e. The summed E-state index contributed by atoms with van der Waals surface area (Å²) in [4.78, 5) is 11.1. The van der Waals surface area contributed by atoms with Gasteiger partial charge in [0.1, 0.15) is 6.10 Å². The lowest BCUT2D eigenvalue weighted by molar-refractivity contribution is -0.186. The molecule has 0 radical (unpaired) electrons. The fourth-order valence-electron chi connectivity index (χ4n) is 2.05. The van der Waals surface area contributed by atoms with Crippen LogP contribution >= 0.6 is 0 Å². The zero-order chi connectivity index (χ0) is 12.1. The van der Waals surface area contributed by atoms with Gasteiger partial charge in [-0.3, -0.25) is 4.79 Å². The van der Waals surface area contributed by atoms with E-state index < -0.39 is 0 Å². The van der Waals surface area contributed by atoms with Gasteiger partial charge in [-0.25, -0.2) is 0 Å². The molecule has 0 spiro atoms. The molecule has 1 heterocycles. The molecule has 2 rings (SSSR count). The molecule has 3 heteroatoms. The summed E-state index contributed by atoms with van der Waals surface area (Å²) in [7, 11) is 0. The van der Waals surface area contributed by atoms with E-state index in [4.69, 9.17) is 9.47 Å². The van der Waals surface area contributed by atoms with Crippen molar-refractivity contribution in [2.24, 2.45) is 5.92 Å². The summed E-state index contributed by atoms with van der Waals surface area (Å²) in [6, 6.07) is 10.1. The Labute approximate surface area is 102 Å². The molecule has 1 aromatic carbocycles. The monoisotopic (exact) mass is 234 g/mol. The number of hydrogen-bond acceptors (Lipinski definition) is 3. The van der Waals surface area contributed by atoms with Crippen LogP contribution in [0.3, 0.4) is 0 Å². The Kier molecular flexibility index (Phi) is 4.15. The maximum Gasteiger partial charge on any atom is 0.313 e. The Bertz CT molecular complexity index is 361. The van der Waals surface area contributed by atoms with Gasteiger partial charge >= 0.3 is 5.97 Å². The minimum Gasteiger partial charge on any atom is -0.461 e. The van der Waals surface area contributed by atoms with Gasteiger partial charge in [0.25, 0.3) is 0 Å². The van der Waals surface area contributed by atoms with E-state index in [-0.39, 0.29) is 18.0 Å². The molecule has 1 saturated heterocycles. The second kappa shape index (κ2) is 5.82. The number of cyclic esters (lactones) is 1. The number of carbonyl (C=O) groups is 1. The zero-order valence-corrected chi connectivity index (χ0v) is 10.1. The van der Waals surface area contributed by atoms with Gasteiger partial charge < -0.3 is 9.47 Å². The number of ether oxygens (including phenoxy) is 2. The molecule has 1 aliphatic heterocycles. The molecule has 1 fully saturated rings. The van der Waals surface area contributed by atoms with E-state index in [9.17, 15) is 4.79 Å². The Morgan fingerprint density at radius 3 is 2.71 bits per heavy atom. The molecule has 0 bridgehead atoms. The summed E-state index contributed by atoms with van der Waals surface area (Å²) in [5.41, 5.74) is 1.17. The van der Waals surface area contributed by atoms with E-state index in [1.54, 1.807) is 0 Å². The van der Waals surface area contributed by atoms with Gasteiger partial charge in [0.15, 0.2) is 0 Å². The minimum atomic E-state index is -0.0550. The molecule has 0 amide bonds. The highest BCUT2D eigenvalue weighted by atomic mass is 16.6. The summed E-state index contributed by atoms with van der Waals surface area (Å²) in [5, 5.41) is 0. The van der Waals surface area contributed by atoms with Crippen LogP contribution in [0, 0.1) is 5.92 Å². The number of rotatable bonds is 6. The van der Waals surface area contributed by atoms with Crippen molar-refractivity contribution in [3.05, 3.63) is 35.9 Å². The topological polar surface area (TPSA) is 35.5 Å². The Morgan fingerprint density at radius 2 is 2.06 bits per heavy atom. The van der Waals surface area contributed by atoms with Gasteiger partial charge in [0, 0.05) is 6.42 Å². The van der Waals surface area contributed by atoms with Crippen molar-refractivity contribution in [2.45, 2.75) is 32.5 Å². The number of carbonyl (C=O) groups excluding carboxylic acids is 1. The van der Waals surface area contributed by atoms with E-state index in [0.29, 0.717) is 13.2 Å². The molecule has 0 N–H and O–H groups in total. The summed E-state index contributed by atoms with van der Waals surface area (Å²) < 4.78 is 10.6. The lowest BCUT2D eigenvalue weighted by atomic mass is 9.92. The first-order chi connectivity index (χ1) is 8.31. The summed E-state index contributed by atoms with van der Waals surface area (Å²) in [6.07, 6.45) is 1.74. The van der Waals surface area contributed by atoms with Crippen LogP contribution in [0.1, 0.15) is 25.3 Å². The second-order valence-corrected chi connectivity index (χ2v) is 4.32. The summed E-state index contributed by atoms with van der Waals surface area (Å²) in [6.45, 7) is 3.28. The highest BCUT2D eigenvalue weighted by molar-refractivity contribution is 5.78. The van der Waals surface area contributed by atoms with Crippen LogP contribution in [-0.4, -0.2) is 18.7 Å². The van der Waals surface area contributed by atoms with Crippen LogP contribution in [-0.2, 0) is 20.9 Å². The van der Waals surface area contributed by atoms with Gasteiger partial charge in [-0.2, -0.15) is 0 Å². The number of esters is 1. The number of benzene rings is 1. The van der Waals surface area contributed by atoms with Gasteiger partial charge in [0.2, 0.25) is 0 Å². The Hall–Kier alpha value is -1.35. The highest BCUT2D eigenvalue weighted by Crippen LogP contribution is 2.27. The summed E-state index contributed by atoms with van der Waals surface area (Å²) in [5.74, 6) is 0.0379. The van der Waals surface area contributed by atoms with Crippen molar-refractivity contribution in [3.8, 4) is 0 Å². The normalized spacial score (nSPS) is 23.0. The molecule has 1 aliphatic rings. The first kappa shape index (κ1) is 12.1. The lowest BCUT2D eigenvalue weighted by Gasteiger charge is -2.34. The van der Waals surface area contributed by atoms with E-state index in [1.807, 2.05) is 37.3 Å². The Balaban J connectivity index is 1.63. The van der Waals surface area contributed by atoms with Crippen LogP contribution in [0.2, 0.25) is 0 Å². The van der Waals surface area contributed by atoms with Crippen LogP contribution in [0.25, 0.3) is 0 Å². The smallest absolute Gasteiger partial charge is 0.313 e. The van der Waals surface area contributed by atoms with Gasteiger partial charge in [-0.05, 0) is 12.0 Å². The van der Waals surface area contributed by atoms with Crippen LogP contribution in [0.4, 0.5) is 0 Å². The van der Waals surface area contributed by atoms with E-state index in [0.717, 1.165) is 12.8 Å². The third kappa shape index (κ3) is 3.07. The molecule has 92 valence electrons. The molecule has 0 aliphatic carbocycles. The molecular weight excluding hydrogens is 216 g/mol.